The number of rotatable bonds is 3. The summed E-state index contributed by atoms with van der Waals surface area (Å²) in [6.45, 7) is 2.13. The van der Waals surface area contributed by atoms with E-state index in [9.17, 15) is 14.0 Å². The number of nitrogens with zero attached hydrogens (tertiary/aromatic N) is 2. The molecule has 0 radical (unpaired) electrons. The summed E-state index contributed by atoms with van der Waals surface area (Å²) in [6.07, 6.45) is 0. The van der Waals surface area contributed by atoms with Crippen molar-refractivity contribution < 1.29 is 14.0 Å². The summed E-state index contributed by atoms with van der Waals surface area (Å²) in [5, 5.41) is 0.173. The van der Waals surface area contributed by atoms with E-state index < -0.39 is 15.9 Å². The smallest absolute Gasteiger partial charge is 0.269 e. The molecule has 1 saturated heterocycles. The lowest BCUT2D eigenvalue weighted by Crippen LogP contribution is -2.49. The fourth-order valence-electron chi connectivity index (χ4n) is 4.28. The van der Waals surface area contributed by atoms with Gasteiger partial charge in [-0.15, -0.1) is 11.8 Å². The van der Waals surface area contributed by atoms with Gasteiger partial charge in [0.15, 0.2) is 0 Å². The number of carbonyl (C=O) groups excluding carboxylic acids is 2. The van der Waals surface area contributed by atoms with Crippen LogP contribution in [-0.4, -0.2) is 17.1 Å². The quantitative estimate of drug-likeness (QED) is 0.538. The normalized spacial score (nSPS) is 22.5. The Morgan fingerprint density at radius 2 is 1.77 bits per heavy atom. The molecule has 3 aromatic carbocycles. The van der Waals surface area contributed by atoms with Gasteiger partial charge >= 0.3 is 0 Å². The van der Waals surface area contributed by atoms with Crippen LogP contribution in [0.3, 0.4) is 0 Å². The van der Waals surface area contributed by atoms with Crippen LogP contribution in [0.2, 0.25) is 5.02 Å². The van der Waals surface area contributed by atoms with E-state index >= 15 is 0 Å². The highest BCUT2D eigenvalue weighted by atomic mass is 35.5. The summed E-state index contributed by atoms with van der Waals surface area (Å²) in [5.41, 5.74) is 2.78. The van der Waals surface area contributed by atoms with E-state index in [2.05, 4.69) is 0 Å². The van der Waals surface area contributed by atoms with Crippen molar-refractivity contribution in [2.45, 2.75) is 23.6 Å². The fourth-order valence-corrected chi connectivity index (χ4v) is 5.94. The Hall–Kier alpha value is -2.83. The molecular formula is C24H18ClFN2O2S. The molecule has 2 aliphatic rings. The van der Waals surface area contributed by atoms with Gasteiger partial charge in [-0.05, 0) is 48.9 Å². The largest absolute Gasteiger partial charge is 0.304 e. The second-order valence-electron chi connectivity index (χ2n) is 7.59. The highest BCUT2D eigenvalue weighted by molar-refractivity contribution is 8.03. The van der Waals surface area contributed by atoms with E-state index in [-0.39, 0.29) is 11.8 Å². The third-order valence-corrected chi connectivity index (χ3v) is 7.37. The molecular weight excluding hydrogens is 435 g/mol. The van der Waals surface area contributed by atoms with Gasteiger partial charge in [0.05, 0.1) is 17.5 Å². The van der Waals surface area contributed by atoms with Crippen molar-refractivity contribution in [2.75, 3.05) is 9.80 Å². The molecule has 4 nitrogen and oxygen atoms in total. The molecule has 156 valence electrons. The lowest BCUT2D eigenvalue weighted by atomic mass is 10.0. The third-order valence-electron chi connectivity index (χ3n) is 5.65. The Morgan fingerprint density at radius 1 is 1.03 bits per heavy atom. The molecule has 2 heterocycles. The number of anilines is 2. The summed E-state index contributed by atoms with van der Waals surface area (Å²) in [4.78, 5) is 29.1. The van der Waals surface area contributed by atoms with Crippen LogP contribution in [0.1, 0.15) is 18.1 Å². The Labute approximate surface area is 188 Å². The standard InChI is InChI=1S/C24H18ClFN2O2S/c1-15-22(29)28(19-6-4-5-18(26)13-19)24(31-15)20-7-2-3-8-21(20)27(23(24)30)14-16-9-11-17(25)12-10-16/h2-13,15H,14H2,1H3/t15-,24+/m0/s1. The number of carbonyl (C=O) groups is 2. The Morgan fingerprint density at radius 3 is 2.52 bits per heavy atom. The molecule has 7 heteroatoms. The summed E-state index contributed by atoms with van der Waals surface area (Å²) in [5.74, 6) is -0.885. The maximum absolute atomic E-state index is 14.1. The van der Waals surface area contributed by atoms with Crippen LogP contribution in [-0.2, 0) is 21.0 Å². The van der Waals surface area contributed by atoms with E-state index in [4.69, 9.17) is 11.6 Å². The summed E-state index contributed by atoms with van der Waals surface area (Å²) >= 11 is 7.31. The predicted octanol–water partition coefficient (Wildman–Crippen LogP) is 5.35. The minimum Gasteiger partial charge on any atom is -0.304 e. The van der Waals surface area contributed by atoms with Crippen LogP contribution in [0, 0.1) is 5.82 Å². The zero-order valence-electron chi connectivity index (χ0n) is 16.6. The molecule has 2 atom stereocenters. The Kier molecular flexibility index (Phi) is 4.79. The summed E-state index contributed by atoms with van der Waals surface area (Å²) in [6, 6.07) is 20.7. The molecule has 2 amide bonds. The molecule has 5 rings (SSSR count). The van der Waals surface area contributed by atoms with Gasteiger partial charge in [0.1, 0.15) is 5.82 Å². The van der Waals surface area contributed by atoms with Crippen LogP contribution in [0.5, 0.6) is 0 Å². The molecule has 3 aromatic rings. The van der Waals surface area contributed by atoms with Gasteiger partial charge in [-0.2, -0.15) is 0 Å². The van der Waals surface area contributed by atoms with E-state index in [0.717, 1.165) is 16.8 Å². The second-order valence-corrected chi connectivity index (χ2v) is 9.56. The molecule has 1 spiro atoms. The number of fused-ring (bicyclic) bond motifs is 2. The van der Waals surface area contributed by atoms with Crippen molar-refractivity contribution in [1.82, 2.24) is 0 Å². The highest BCUT2D eigenvalue weighted by Gasteiger charge is 2.63. The first-order valence-electron chi connectivity index (χ1n) is 9.85. The average Bonchev–Trinajstić information content (AvgIpc) is 3.16. The zero-order chi connectivity index (χ0) is 21.8. The SMILES string of the molecule is C[C@@H]1S[C@]2(C(=O)N(Cc3ccc(Cl)cc3)c3ccccc32)N(c2cccc(F)c2)C1=O. The Balaban J connectivity index is 1.66. The van der Waals surface area contributed by atoms with Gasteiger partial charge in [-0.25, -0.2) is 4.39 Å². The van der Waals surface area contributed by atoms with Crippen molar-refractivity contribution in [3.63, 3.8) is 0 Å². The van der Waals surface area contributed by atoms with Gasteiger partial charge in [0.25, 0.3) is 5.91 Å². The molecule has 0 bridgehead atoms. The topological polar surface area (TPSA) is 40.6 Å². The van der Waals surface area contributed by atoms with E-state index in [1.165, 1.54) is 28.8 Å². The first-order chi connectivity index (χ1) is 14.9. The van der Waals surface area contributed by atoms with E-state index in [0.29, 0.717) is 17.3 Å². The first kappa shape index (κ1) is 20.1. The molecule has 31 heavy (non-hydrogen) atoms. The van der Waals surface area contributed by atoms with Crippen molar-refractivity contribution in [3.05, 3.63) is 94.8 Å². The number of hydrogen-bond acceptors (Lipinski definition) is 3. The lowest BCUT2D eigenvalue weighted by Gasteiger charge is -2.33. The van der Waals surface area contributed by atoms with Crippen LogP contribution in [0.15, 0.2) is 72.8 Å². The molecule has 2 aliphatic heterocycles. The molecule has 1 fully saturated rings. The van der Waals surface area contributed by atoms with Crippen LogP contribution in [0.25, 0.3) is 0 Å². The third kappa shape index (κ3) is 3.05. The van der Waals surface area contributed by atoms with Gasteiger partial charge in [0.2, 0.25) is 10.8 Å². The maximum atomic E-state index is 14.1. The molecule has 0 unspecified atom stereocenters. The van der Waals surface area contributed by atoms with Crippen molar-refractivity contribution in [3.8, 4) is 0 Å². The molecule has 0 aliphatic carbocycles. The number of halogens is 2. The number of benzene rings is 3. The highest BCUT2D eigenvalue weighted by Crippen LogP contribution is 2.58. The molecule has 0 saturated carbocycles. The summed E-state index contributed by atoms with van der Waals surface area (Å²) in [7, 11) is 0. The summed E-state index contributed by atoms with van der Waals surface area (Å²) < 4.78 is 14.1. The van der Waals surface area contributed by atoms with Crippen LogP contribution >= 0.6 is 23.4 Å². The molecule has 0 N–H and O–H groups in total. The number of hydrogen-bond donors (Lipinski definition) is 0. The van der Waals surface area contributed by atoms with Crippen molar-refractivity contribution >= 4 is 46.6 Å². The minimum absolute atomic E-state index is 0.212. The van der Waals surface area contributed by atoms with Gasteiger partial charge in [0, 0.05) is 16.3 Å². The van der Waals surface area contributed by atoms with Gasteiger partial charge in [-0.3, -0.25) is 14.5 Å². The molecule has 0 aromatic heterocycles. The van der Waals surface area contributed by atoms with Crippen LogP contribution < -0.4 is 9.80 Å². The zero-order valence-corrected chi connectivity index (χ0v) is 18.2. The first-order valence-corrected chi connectivity index (χ1v) is 11.1. The second kappa shape index (κ2) is 7.39. The van der Waals surface area contributed by atoms with Gasteiger partial charge < -0.3 is 4.90 Å². The number of amides is 2. The minimum atomic E-state index is -1.27. The van der Waals surface area contributed by atoms with Gasteiger partial charge in [-0.1, -0.05) is 48.0 Å². The van der Waals surface area contributed by atoms with E-state index in [1.807, 2.05) is 36.4 Å². The number of thioether (sulfide) groups is 1. The lowest BCUT2D eigenvalue weighted by molar-refractivity contribution is -0.124. The van der Waals surface area contributed by atoms with Crippen molar-refractivity contribution in [1.29, 1.82) is 0 Å². The Bertz CT molecular complexity index is 1200. The number of para-hydroxylation sites is 1. The average molecular weight is 453 g/mol. The van der Waals surface area contributed by atoms with Crippen molar-refractivity contribution in [2.24, 2.45) is 0 Å². The predicted molar refractivity (Wildman–Crippen MR) is 122 cm³/mol. The van der Waals surface area contributed by atoms with Crippen LogP contribution in [0.4, 0.5) is 15.8 Å². The van der Waals surface area contributed by atoms with E-state index in [1.54, 1.807) is 36.1 Å². The fraction of sp³-hybridized carbons (Fsp3) is 0.167. The monoisotopic (exact) mass is 452 g/mol. The maximum Gasteiger partial charge on any atom is 0.269 e.